The zero-order valence-electron chi connectivity index (χ0n) is 18.9. The Kier molecular flexibility index (Phi) is 8.63. The summed E-state index contributed by atoms with van der Waals surface area (Å²) in [5.74, 6) is -0.783. The van der Waals surface area contributed by atoms with Gasteiger partial charge in [0.1, 0.15) is 5.56 Å². The van der Waals surface area contributed by atoms with Crippen molar-refractivity contribution in [1.29, 1.82) is 0 Å². The van der Waals surface area contributed by atoms with Gasteiger partial charge < -0.3 is 9.87 Å². The summed E-state index contributed by atoms with van der Waals surface area (Å²) in [6, 6.07) is 14.0. The van der Waals surface area contributed by atoms with Gasteiger partial charge in [-0.25, -0.2) is 0 Å². The van der Waals surface area contributed by atoms with Crippen molar-refractivity contribution in [1.82, 2.24) is 9.88 Å². The fraction of sp³-hybridized carbons (Fsp3) is 0.280. The molecule has 10 heteroatoms. The second-order valence-corrected chi connectivity index (χ2v) is 8.87. The van der Waals surface area contributed by atoms with Crippen LogP contribution < -0.4 is 10.9 Å². The van der Waals surface area contributed by atoms with Crippen LogP contribution in [0.3, 0.4) is 0 Å². The summed E-state index contributed by atoms with van der Waals surface area (Å²) in [5.41, 5.74) is 0.0554. The van der Waals surface area contributed by atoms with Crippen molar-refractivity contribution < 1.29 is 26.7 Å². The molecular weight excluding hydrogens is 481 g/mol. The Morgan fingerprint density at radius 2 is 1.74 bits per heavy atom. The molecule has 1 unspecified atom stereocenters. The number of hydrogen-bond acceptors (Lipinski definition) is 4. The zero-order valence-corrected chi connectivity index (χ0v) is 19.7. The third kappa shape index (κ3) is 6.89. The number of halogens is 3. The first-order valence-corrected chi connectivity index (χ1v) is 12.2. The van der Waals surface area contributed by atoms with E-state index in [9.17, 15) is 31.5 Å². The lowest BCUT2D eigenvalue weighted by atomic mass is 10.1. The summed E-state index contributed by atoms with van der Waals surface area (Å²) in [6.07, 6.45) is -2.57. The summed E-state index contributed by atoms with van der Waals surface area (Å²) >= 11 is -2.21. The Bertz CT molecular complexity index is 1270. The minimum atomic E-state index is -4.57. The van der Waals surface area contributed by atoms with Crippen molar-refractivity contribution in [2.45, 2.75) is 44.7 Å². The van der Waals surface area contributed by atoms with Gasteiger partial charge in [-0.3, -0.25) is 18.4 Å². The molecule has 3 aromatic rings. The number of rotatable bonds is 9. The van der Waals surface area contributed by atoms with Crippen LogP contribution in [0, 0.1) is 0 Å². The molecule has 0 fully saturated rings. The third-order valence-corrected chi connectivity index (χ3v) is 5.96. The Morgan fingerprint density at radius 1 is 1.06 bits per heavy atom. The lowest BCUT2D eigenvalue weighted by Gasteiger charge is -2.16. The van der Waals surface area contributed by atoms with E-state index in [1.807, 2.05) is 6.92 Å². The van der Waals surface area contributed by atoms with Crippen LogP contribution in [0.2, 0.25) is 0 Å². The molecule has 0 saturated heterocycles. The summed E-state index contributed by atoms with van der Waals surface area (Å²) in [6.45, 7) is 2.04. The molecule has 0 aliphatic carbocycles. The van der Waals surface area contributed by atoms with Crippen LogP contribution in [-0.4, -0.2) is 19.2 Å². The molecule has 35 heavy (non-hydrogen) atoms. The van der Waals surface area contributed by atoms with E-state index in [0.717, 1.165) is 29.5 Å². The fourth-order valence-electron chi connectivity index (χ4n) is 3.57. The second-order valence-electron chi connectivity index (χ2n) is 7.98. The normalized spacial score (nSPS) is 12.4. The third-order valence-electron chi connectivity index (χ3n) is 5.39. The van der Waals surface area contributed by atoms with Crippen LogP contribution in [0.25, 0.3) is 5.69 Å². The van der Waals surface area contributed by atoms with Crippen LogP contribution >= 0.6 is 0 Å². The van der Waals surface area contributed by atoms with Crippen molar-refractivity contribution in [3.05, 3.63) is 99.0 Å². The maximum absolute atomic E-state index is 13.3. The fourth-order valence-corrected chi connectivity index (χ4v) is 4.04. The molecule has 2 aromatic carbocycles. The van der Waals surface area contributed by atoms with Gasteiger partial charge in [0.25, 0.3) is 11.5 Å². The van der Waals surface area contributed by atoms with Gasteiger partial charge in [-0.05, 0) is 54.3 Å². The van der Waals surface area contributed by atoms with Gasteiger partial charge in [-0.1, -0.05) is 54.8 Å². The van der Waals surface area contributed by atoms with Crippen LogP contribution in [0.1, 0.15) is 52.5 Å². The highest BCUT2D eigenvalue weighted by molar-refractivity contribution is 7.78. The van der Waals surface area contributed by atoms with Gasteiger partial charge in [0, 0.05) is 23.7 Å². The van der Waals surface area contributed by atoms with Crippen molar-refractivity contribution in [2.24, 2.45) is 0 Å². The summed E-state index contributed by atoms with van der Waals surface area (Å²) in [4.78, 5) is 26.1. The molecule has 0 bridgehead atoms. The van der Waals surface area contributed by atoms with Crippen LogP contribution in [0.5, 0.6) is 0 Å². The van der Waals surface area contributed by atoms with Crippen LogP contribution in [-0.2, 0) is 36.0 Å². The van der Waals surface area contributed by atoms with Crippen molar-refractivity contribution in [3.63, 3.8) is 0 Å². The number of benzene rings is 2. The number of aryl methyl sites for hydroxylation is 1. The first-order chi connectivity index (χ1) is 16.6. The number of nitrogens with one attached hydrogen (secondary N) is 1. The van der Waals surface area contributed by atoms with E-state index in [1.54, 1.807) is 30.3 Å². The van der Waals surface area contributed by atoms with E-state index < -0.39 is 34.3 Å². The number of aromatic nitrogens is 1. The lowest BCUT2D eigenvalue weighted by molar-refractivity contribution is -0.137. The first kappa shape index (κ1) is 26.4. The maximum atomic E-state index is 13.3. The average molecular weight is 506 g/mol. The molecule has 0 aliphatic rings. The zero-order chi connectivity index (χ0) is 25.6. The van der Waals surface area contributed by atoms with Crippen molar-refractivity contribution in [3.8, 4) is 5.69 Å². The molecular formula is C25H24F3N2O4S-. The molecule has 0 radical (unpaired) electrons. The van der Waals surface area contributed by atoms with Gasteiger partial charge >= 0.3 is 6.18 Å². The molecule has 186 valence electrons. The molecule has 1 atom stereocenters. The topological polar surface area (TPSA) is 91.2 Å². The van der Waals surface area contributed by atoms with E-state index in [-0.39, 0.29) is 23.5 Å². The SMILES string of the molecule is CCCCc1ccc(C(=O)NCc2ccc(CS(=O)[O-])cc2)c(=O)n1-c1cccc(C(F)(F)F)c1. The lowest BCUT2D eigenvalue weighted by Crippen LogP contribution is -2.33. The van der Waals surface area contributed by atoms with Crippen molar-refractivity contribution in [2.75, 3.05) is 0 Å². The number of alkyl halides is 3. The van der Waals surface area contributed by atoms with E-state index in [4.69, 9.17) is 0 Å². The Labute approximate surface area is 203 Å². The number of pyridine rings is 1. The molecule has 0 spiro atoms. The van der Waals surface area contributed by atoms with E-state index in [2.05, 4.69) is 5.32 Å². The quantitative estimate of drug-likeness (QED) is 0.434. The van der Waals surface area contributed by atoms with Gasteiger partial charge in [-0.2, -0.15) is 13.2 Å². The highest BCUT2D eigenvalue weighted by Crippen LogP contribution is 2.30. The van der Waals surface area contributed by atoms with Gasteiger partial charge in [-0.15, -0.1) is 0 Å². The second kappa shape index (κ2) is 11.5. The standard InChI is InChI=1S/C25H25F3N2O4S/c1-2-3-6-20-12-13-22(23(31)29-15-17-8-10-18(11-9-17)16-35(33)34)24(32)30(20)21-7-4-5-19(14-21)25(26,27)28/h4-5,7-14H,2-3,6,15-16H2,1H3,(H,29,31)(H,33,34)/p-1. The average Bonchev–Trinajstić information content (AvgIpc) is 2.81. The maximum Gasteiger partial charge on any atom is 0.416 e. The molecule has 1 amide bonds. The molecule has 1 aromatic heterocycles. The molecule has 0 aliphatic heterocycles. The number of amides is 1. The van der Waals surface area contributed by atoms with E-state index in [0.29, 0.717) is 23.2 Å². The molecule has 3 rings (SSSR count). The predicted molar refractivity (Wildman–Crippen MR) is 126 cm³/mol. The van der Waals surface area contributed by atoms with Crippen molar-refractivity contribution >= 4 is 17.0 Å². The summed E-state index contributed by atoms with van der Waals surface area (Å²) in [5, 5.41) is 2.64. The molecule has 1 N–H and O–H groups in total. The smallest absolute Gasteiger partial charge is 0.416 e. The van der Waals surface area contributed by atoms with E-state index in [1.165, 1.54) is 18.2 Å². The number of unbranched alkanes of at least 4 members (excludes halogenated alkanes) is 1. The first-order valence-electron chi connectivity index (χ1n) is 10.9. The van der Waals surface area contributed by atoms with Gasteiger partial charge in [0.05, 0.1) is 5.56 Å². The van der Waals surface area contributed by atoms with Crippen LogP contribution in [0.4, 0.5) is 13.2 Å². The Morgan fingerprint density at radius 3 is 2.37 bits per heavy atom. The van der Waals surface area contributed by atoms with Gasteiger partial charge in [0.15, 0.2) is 0 Å². The van der Waals surface area contributed by atoms with Crippen LogP contribution in [0.15, 0.2) is 65.5 Å². The number of hydrogen-bond donors (Lipinski definition) is 1. The Balaban J connectivity index is 1.90. The monoisotopic (exact) mass is 505 g/mol. The highest BCUT2D eigenvalue weighted by Gasteiger charge is 2.31. The van der Waals surface area contributed by atoms with E-state index >= 15 is 0 Å². The largest absolute Gasteiger partial charge is 0.772 e. The minimum Gasteiger partial charge on any atom is -0.772 e. The van der Waals surface area contributed by atoms with Gasteiger partial charge in [0.2, 0.25) is 0 Å². The molecule has 6 nitrogen and oxygen atoms in total. The number of carbonyl (C=O) groups excluding carboxylic acids is 1. The minimum absolute atomic E-state index is 0.0388. The molecule has 1 heterocycles. The number of carbonyl (C=O) groups is 1. The Hall–Kier alpha value is -3.24. The predicted octanol–water partition coefficient (Wildman–Crippen LogP) is 4.51. The molecule has 0 saturated carbocycles. The summed E-state index contributed by atoms with van der Waals surface area (Å²) in [7, 11) is 0. The highest BCUT2D eigenvalue weighted by atomic mass is 32.2. The summed E-state index contributed by atoms with van der Waals surface area (Å²) < 4.78 is 62.5. The number of nitrogens with zero attached hydrogens (tertiary/aromatic N) is 1.